The van der Waals surface area contributed by atoms with Crippen molar-refractivity contribution in [3.63, 3.8) is 0 Å². The van der Waals surface area contributed by atoms with Gasteiger partial charge in [-0.15, -0.1) is 0 Å². The van der Waals surface area contributed by atoms with E-state index in [2.05, 4.69) is 9.98 Å². The Bertz CT molecular complexity index is 719. The van der Waals surface area contributed by atoms with Crippen molar-refractivity contribution < 1.29 is 14.2 Å². The SMILES string of the molecule is CCCN1C(=O)C2=NC=NC2=[N+](c2ccc(Cl)cc2)C1=O. The number of carbonyl (C=O) groups excluding carboxylic acids is 2. The van der Waals surface area contributed by atoms with E-state index in [0.717, 1.165) is 0 Å². The molecule has 0 N–H and O–H groups in total. The fourth-order valence-electron chi connectivity index (χ4n) is 2.24. The second-order valence-corrected chi connectivity index (χ2v) is 5.03. The molecule has 3 rings (SSSR count). The molecular formula is C14H12ClN4O2+. The number of amidine groups is 1. The Balaban J connectivity index is 2.16. The molecule has 0 fully saturated rings. The average Bonchev–Trinajstić information content (AvgIpc) is 2.95. The van der Waals surface area contributed by atoms with Crippen molar-refractivity contribution in [2.75, 3.05) is 6.54 Å². The summed E-state index contributed by atoms with van der Waals surface area (Å²) in [5.41, 5.74) is 0.790. The topological polar surface area (TPSA) is 65.1 Å². The third-order valence-electron chi connectivity index (χ3n) is 3.19. The van der Waals surface area contributed by atoms with Gasteiger partial charge in [-0.1, -0.05) is 23.5 Å². The highest BCUT2D eigenvalue weighted by Crippen LogP contribution is 2.22. The van der Waals surface area contributed by atoms with Gasteiger partial charge >= 0.3 is 17.8 Å². The predicted octanol–water partition coefficient (Wildman–Crippen LogP) is 2.24. The molecule has 3 amide bonds. The van der Waals surface area contributed by atoms with Crippen LogP contribution in [-0.4, -0.2) is 45.8 Å². The van der Waals surface area contributed by atoms with Crippen LogP contribution in [-0.2, 0) is 4.79 Å². The second-order valence-electron chi connectivity index (χ2n) is 4.60. The number of rotatable bonds is 3. The molecule has 1 aromatic rings. The number of benzene rings is 1. The Morgan fingerprint density at radius 3 is 2.62 bits per heavy atom. The largest absolute Gasteiger partial charge is 0.451 e. The molecule has 0 spiro atoms. The molecule has 2 aliphatic heterocycles. The Labute approximate surface area is 126 Å². The number of amides is 3. The highest BCUT2D eigenvalue weighted by atomic mass is 35.5. The van der Waals surface area contributed by atoms with Crippen molar-refractivity contribution in [3.8, 4) is 0 Å². The summed E-state index contributed by atoms with van der Waals surface area (Å²) < 4.78 is 1.38. The third kappa shape index (κ3) is 2.17. The molecule has 0 saturated carbocycles. The van der Waals surface area contributed by atoms with Crippen LogP contribution >= 0.6 is 11.6 Å². The Kier molecular flexibility index (Phi) is 3.39. The van der Waals surface area contributed by atoms with Crippen LogP contribution in [0.15, 0.2) is 34.3 Å². The first-order chi connectivity index (χ1) is 10.1. The van der Waals surface area contributed by atoms with Gasteiger partial charge in [-0.2, -0.15) is 9.48 Å². The van der Waals surface area contributed by atoms with Crippen LogP contribution in [0.25, 0.3) is 0 Å². The maximum absolute atomic E-state index is 12.6. The van der Waals surface area contributed by atoms with Crippen LogP contribution in [0.1, 0.15) is 13.3 Å². The van der Waals surface area contributed by atoms with E-state index in [9.17, 15) is 9.59 Å². The van der Waals surface area contributed by atoms with Crippen molar-refractivity contribution >= 4 is 47.1 Å². The standard InChI is InChI=1S/C14H12ClN4O2/c1-2-7-18-13(20)11-12(17-8-16-11)19(14(18)21)10-5-3-9(15)4-6-10/h3-6,8H,2,7H2,1H3/q+1. The Hall–Kier alpha value is -2.34. The molecule has 6 nitrogen and oxygen atoms in total. The lowest BCUT2D eigenvalue weighted by molar-refractivity contribution is -0.343. The van der Waals surface area contributed by atoms with Gasteiger partial charge in [0.1, 0.15) is 5.69 Å². The van der Waals surface area contributed by atoms with Crippen molar-refractivity contribution in [2.24, 2.45) is 9.98 Å². The normalized spacial score (nSPS) is 17.4. The number of nitrogens with zero attached hydrogens (tertiary/aromatic N) is 4. The molecule has 0 radical (unpaired) electrons. The molecule has 0 unspecified atom stereocenters. The van der Waals surface area contributed by atoms with Gasteiger partial charge in [-0.05, 0) is 30.7 Å². The molecule has 21 heavy (non-hydrogen) atoms. The fraction of sp³-hybridized carbons (Fsp3) is 0.214. The maximum atomic E-state index is 12.6. The summed E-state index contributed by atoms with van der Waals surface area (Å²) in [4.78, 5) is 34.1. The predicted molar refractivity (Wildman–Crippen MR) is 79.7 cm³/mol. The van der Waals surface area contributed by atoms with Crippen LogP contribution in [0, 0.1) is 0 Å². The molecule has 0 atom stereocenters. The van der Waals surface area contributed by atoms with Gasteiger partial charge in [0, 0.05) is 5.02 Å². The number of aliphatic imine (C=N–C) groups is 2. The van der Waals surface area contributed by atoms with Crippen LogP contribution in [0.5, 0.6) is 0 Å². The summed E-state index contributed by atoms with van der Waals surface area (Å²) in [5, 5.41) is 0.568. The summed E-state index contributed by atoms with van der Waals surface area (Å²) in [6.45, 7) is 2.24. The minimum absolute atomic E-state index is 0.193. The second kappa shape index (κ2) is 5.21. The van der Waals surface area contributed by atoms with Gasteiger partial charge in [-0.25, -0.2) is 14.6 Å². The molecule has 2 heterocycles. The first-order valence-electron chi connectivity index (χ1n) is 6.52. The van der Waals surface area contributed by atoms with E-state index < -0.39 is 11.9 Å². The van der Waals surface area contributed by atoms with E-state index in [1.165, 1.54) is 15.8 Å². The Morgan fingerprint density at radius 1 is 1.24 bits per heavy atom. The number of halogens is 1. The number of carbonyl (C=O) groups is 2. The monoisotopic (exact) mass is 303 g/mol. The lowest BCUT2D eigenvalue weighted by atomic mass is 10.2. The fourth-order valence-corrected chi connectivity index (χ4v) is 2.37. The van der Waals surface area contributed by atoms with Gasteiger partial charge in [0.25, 0.3) is 0 Å². The minimum Gasteiger partial charge on any atom is -0.248 e. The van der Waals surface area contributed by atoms with E-state index in [1.807, 2.05) is 6.92 Å². The van der Waals surface area contributed by atoms with E-state index in [0.29, 0.717) is 23.7 Å². The van der Waals surface area contributed by atoms with Crippen molar-refractivity contribution in [3.05, 3.63) is 29.3 Å². The Morgan fingerprint density at radius 2 is 1.95 bits per heavy atom. The summed E-state index contributed by atoms with van der Waals surface area (Å²) in [6.07, 6.45) is 1.96. The smallest absolute Gasteiger partial charge is 0.248 e. The van der Waals surface area contributed by atoms with Crippen LogP contribution in [0.4, 0.5) is 10.5 Å². The summed E-state index contributed by atoms with van der Waals surface area (Å²) in [6, 6.07) is 6.36. The molecule has 2 aliphatic rings. The number of imide groups is 1. The van der Waals surface area contributed by atoms with Gasteiger partial charge in [0.15, 0.2) is 6.34 Å². The zero-order valence-corrected chi connectivity index (χ0v) is 12.0. The molecule has 0 bridgehead atoms. The van der Waals surface area contributed by atoms with E-state index in [4.69, 9.17) is 11.6 Å². The molecule has 0 saturated heterocycles. The molecule has 1 aromatic carbocycles. The zero-order chi connectivity index (χ0) is 15.0. The summed E-state index contributed by atoms with van der Waals surface area (Å²) >= 11 is 5.87. The molecule has 106 valence electrons. The van der Waals surface area contributed by atoms with E-state index in [1.54, 1.807) is 24.3 Å². The number of fused-ring (bicyclic) bond motifs is 1. The van der Waals surface area contributed by atoms with Crippen molar-refractivity contribution in [2.45, 2.75) is 13.3 Å². The highest BCUT2D eigenvalue weighted by Gasteiger charge is 2.46. The summed E-state index contributed by atoms with van der Waals surface area (Å²) in [7, 11) is 0. The zero-order valence-electron chi connectivity index (χ0n) is 11.3. The lowest BCUT2D eigenvalue weighted by Crippen LogP contribution is -2.53. The molecule has 0 aliphatic carbocycles. The number of hydrogen-bond donors (Lipinski definition) is 0. The van der Waals surface area contributed by atoms with Crippen molar-refractivity contribution in [1.29, 1.82) is 0 Å². The number of hydrogen-bond acceptors (Lipinski definition) is 4. The average molecular weight is 304 g/mol. The summed E-state index contributed by atoms with van der Waals surface area (Å²) in [5.74, 6) is -0.140. The first kappa shape index (κ1) is 13.6. The van der Waals surface area contributed by atoms with Gasteiger partial charge in [0.2, 0.25) is 5.71 Å². The van der Waals surface area contributed by atoms with E-state index >= 15 is 0 Å². The van der Waals surface area contributed by atoms with Crippen molar-refractivity contribution in [1.82, 2.24) is 4.90 Å². The van der Waals surface area contributed by atoms with Gasteiger partial charge in [0.05, 0.1) is 6.54 Å². The quantitative estimate of drug-likeness (QED) is 0.804. The van der Waals surface area contributed by atoms with Gasteiger partial charge in [-0.3, -0.25) is 0 Å². The minimum atomic E-state index is -0.419. The highest BCUT2D eigenvalue weighted by molar-refractivity contribution is 6.69. The van der Waals surface area contributed by atoms with Crippen LogP contribution in [0.3, 0.4) is 0 Å². The van der Waals surface area contributed by atoms with E-state index in [-0.39, 0.29) is 11.5 Å². The maximum Gasteiger partial charge on any atom is 0.451 e. The third-order valence-corrected chi connectivity index (χ3v) is 3.44. The van der Waals surface area contributed by atoms with Crippen LogP contribution in [0.2, 0.25) is 5.02 Å². The molecular weight excluding hydrogens is 292 g/mol. The molecule has 7 heteroatoms. The first-order valence-corrected chi connectivity index (χ1v) is 6.90. The van der Waals surface area contributed by atoms with Crippen LogP contribution < -0.4 is 0 Å². The van der Waals surface area contributed by atoms with Gasteiger partial charge < -0.3 is 0 Å². The molecule has 0 aromatic heterocycles. The number of urea groups is 1. The lowest BCUT2D eigenvalue weighted by Gasteiger charge is -2.21.